The van der Waals surface area contributed by atoms with Crippen LogP contribution >= 0.6 is 0 Å². The highest BCUT2D eigenvalue weighted by Gasteiger charge is 2.17. The van der Waals surface area contributed by atoms with Crippen molar-refractivity contribution in [2.45, 2.75) is 46.1 Å². The average molecular weight is 236 g/mol. The molecule has 0 aliphatic heterocycles. The van der Waals surface area contributed by atoms with E-state index in [0.717, 1.165) is 30.0 Å². The molecule has 1 aromatic rings. The standard InChI is InChI=1S/C14H24N2O/c1-6-7-16(5)13-9-11(10-17)8-12(15-13)14(2,3)4/h8-9,17H,6-7,10H2,1-5H3. The number of hydrogen-bond donors (Lipinski definition) is 1. The third kappa shape index (κ3) is 3.70. The normalized spacial score (nSPS) is 11.6. The Balaban J connectivity index is 3.14. The minimum Gasteiger partial charge on any atom is -0.392 e. The molecule has 0 radical (unpaired) electrons. The maximum atomic E-state index is 9.32. The zero-order valence-electron chi connectivity index (χ0n) is 11.6. The zero-order valence-corrected chi connectivity index (χ0v) is 11.6. The van der Waals surface area contributed by atoms with Gasteiger partial charge in [0, 0.05) is 24.7 Å². The second-order valence-corrected chi connectivity index (χ2v) is 5.55. The van der Waals surface area contributed by atoms with Gasteiger partial charge < -0.3 is 10.0 Å². The second kappa shape index (κ2) is 5.50. The molecule has 0 bridgehead atoms. The van der Waals surface area contributed by atoms with E-state index in [2.05, 4.69) is 37.6 Å². The maximum absolute atomic E-state index is 9.32. The fourth-order valence-electron chi connectivity index (χ4n) is 1.69. The van der Waals surface area contributed by atoms with Crippen LogP contribution in [0.4, 0.5) is 5.82 Å². The Bertz CT molecular complexity index is 369. The Kier molecular flexibility index (Phi) is 4.52. The number of aliphatic hydroxyl groups is 1. The van der Waals surface area contributed by atoms with Crippen LogP contribution in [0.1, 0.15) is 45.4 Å². The van der Waals surface area contributed by atoms with Gasteiger partial charge in [0.2, 0.25) is 0 Å². The molecule has 0 fully saturated rings. The summed E-state index contributed by atoms with van der Waals surface area (Å²) in [4.78, 5) is 6.82. The van der Waals surface area contributed by atoms with Gasteiger partial charge in [-0.3, -0.25) is 0 Å². The van der Waals surface area contributed by atoms with Crippen molar-refractivity contribution in [3.05, 3.63) is 23.4 Å². The lowest BCUT2D eigenvalue weighted by Gasteiger charge is -2.23. The summed E-state index contributed by atoms with van der Waals surface area (Å²) in [7, 11) is 2.04. The number of anilines is 1. The van der Waals surface area contributed by atoms with E-state index in [-0.39, 0.29) is 12.0 Å². The number of aliphatic hydroxyl groups excluding tert-OH is 1. The highest BCUT2D eigenvalue weighted by Crippen LogP contribution is 2.24. The fourth-order valence-corrected chi connectivity index (χ4v) is 1.69. The Morgan fingerprint density at radius 2 is 1.94 bits per heavy atom. The summed E-state index contributed by atoms with van der Waals surface area (Å²) in [6, 6.07) is 3.95. The Labute approximate surface area is 104 Å². The molecule has 1 rings (SSSR count). The summed E-state index contributed by atoms with van der Waals surface area (Å²) in [6.07, 6.45) is 1.09. The van der Waals surface area contributed by atoms with Crippen LogP contribution in [-0.2, 0) is 12.0 Å². The van der Waals surface area contributed by atoms with Gasteiger partial charge >= 0.3 is 0 Å². The quantitative estimate of drug-likeness (QED) is 0.873. The second-order valence-electron chi connectivity index (χ2n) is 5.55. The van der Waals surface area contributed by atoms with Crippen LogP contribution in [-0.4, -0.2) is 23.7 Å². The van der Waals surface area contributed by atoms with Crippen molar-refractivity contribution in [2.24, 2.45) is 0 Å². The molecular formula is C14H24N2O. The molecule has 0 aromatic carbocycles. The molecule has 0 aliphatic rings. The van der Waals surface area contributed by atoms with Gasteiger partial charge in [-0.15, -0.1) is 0 Å². The molecule has 1 aromatic heterocycles. The van der Waals surface area contributed by atoms with Crippen LogP contribution in [0.2, 0.25) is 0 Å². The largest absolute Gasteiger partial charge is 0.392 e. The van der Waals surface area contributed by atoms with Crippen molar-refractivity contribution < 1.29 is 5.11 Å². The molecule has 3 nitrogen and oxygen atoms in total. The summed E-state index contributed by atoms with van der Waals surface area (Å²) >= 11 is 0. The van der Waals surface area contributed by atoms with Crippen molar-refractivity contribution in [2.75, 3.05) is 18.5 Å². The minimum atomic E-state index is 0.00693. The molecule has 0 saturated heterocycles. The summed E-state index contributed by atoms with van der Waals surface area (Å²) in [5.74, 6) is 0.948. The van der Waals surface area contributed by atoms with Gasteiger partial charge in [-0.25, -0.2) is 4.98 Å². The smallest absolute Gasteiger partial charge is 0.128 e. The Morgan fingerprint density at radius 1 is 1.29 bits per heavy atom. The van der Waals surface area contributed by atoms with Gasteiger partial charge in [0.1, 0.15) is 5.82 Å². The molecule has 0 saturated carbocycles. The lowest BCUT2D eigenvalue weighted by Crippen LogP contribution is -2.22. The average Bonchev–Trinajstić information content (AvgIpc) is 2.27. The maximum Gasteiger partial charge on any atom is 0.128 e. The highest BCUT2D eigenvalue weighted by atomic mass is 16.3. The number of hydrogen-bond acceptors (Lipinski definition) is 3. The first-order valence-electron chi connectivity index (χ1n) is 6.22. The third-order valence-electron chi connectivity index (χ3n) is 2.77. The van der Waals surface area contributed by atoms with Crippen LogP contribution in [0, 0.1) is 0 Å². The first kappa shape index (κ1) is 14.0. The van der Waals surface area contributed by atoms with E-state index >= 15 is 0 Å². The molecule has 96 valence electrons. The van der Waals surface area contributed by atoms with Gasteiger partial charge in [-0.2, -0.15) is 0 Å². The minimum absolute atomic E-state index is 0.00693. The Morgan fingerprint density at radius 3 is 2.41 bits per heavy atom. The van der Waals surface area contributed by atoms with E-state index in [1.165, 1.54) is 0 Å². The number of rotatable bonds is 4. The molecule has 0 aliphatic carbocycles. The Hall–Kier alpha value is -1.09. The number of aromatic nitrogens is 1. The van der Waals surface area contributed by atoms with Crippen LogP contribution in [0.3, 0.4) is 0 Å². The van der Waals surface area contributed by atoms with Crippen molar-refractivity contribution in [3.63, 3.8) is 0 Å². The van der Waals surface area contributed by atoms with Gasteiger partial charge in [0.05, 0.1) is 6.61 Å². The zero-order chi connectivity index (χ0) is 13.1. The summed E-state index contributed by atoms with van der Waals surface area (Å²) in [5.41, 5.74) is 1.97. The van der Waals surface area contributed by atoms with E-state index in [0.29, 0.717) is 0 Å². The van der Waals surface area contributed by atoms with Crippen molar-refractivity contribution in [3.8, 4) is 0 Å². The number of pyridine rings is 1. The summed E-state index contributed by atoms with van der Waals surface area (Å²) in [6.45, 7) is 9.61. The van der Waals surface area contributed by atoms with Crippen LogP contribution in [0.25, 0.3) is 0 Å². The molecule has 0 unspecified atom stereocenters. The molecule has 1 heterocycles. The monoisotopic (exact) mass is 236 g/mol. The molecule has 0 amide bonds. The van der Waals surface area contributed by atoms with Crippen LogP contribution in [0.15, 0.2) is 12.1 Å². The molecular weight excluding hydrogens is 212 g/mol. The molecule has 0 atom stereocenters. The van der Waals surface area contributed by atoms with Crippen LogP contribution in [0.5, 0.6) is 0 Å². The fraction of sp³-hybridized carbons (Fsp3) is 0.643. The predicted octanol–water partition coefficient (Wildman–Crippen LogP) is 2.72. The first-order chi connectivity index (χ1) is 7.88. The van der Waals surface area contributed by atoms with Crippen LogP contribution < -0.4 is 4.90 Å². The molecule has 0 spiro atoms. The van der Waals surface area contributed by atoms with Crippen molar-refractivity contribution >= 4 is 5.82 Å². The predicted molar refractivity (Wildman–Crippen MR) is 72.4 cm³/mol. The van der Waals surface area contributed by atoms with Gasteiger partial charge in [-0.1, -0.05) is 27.7 Å². The van der Waals surface area contributed by atoms with E-state index in [4.69, 9.17) is 0 Å². The number of nitrogens with zero attached hydrogens (tertiary/aromatic N) is 2. The van der Waals surface area contributed by atoms with Gasteiger partial charge in [0.25, 0.3) is 0 Å². The van der Waals surface area contributed by atoms with E-state index in [1.54, 1.807) is 0 Å². The van der Waals surface area contributed by atoms with Gasteiger partial charge in [-0.05, 0) is 24.1 Å². The lowest BCUT2D eigenvalue weighted by atomic mass is 9.91. The van der Waals surface area contributed by atoms with E-state index in [1.807, 2.05) is 19.2 Å². The summed E-state index contributed by atoms with van der Waals surface area (Å²) < 4.78 is 0. The topological polar surface area (TPSA) is 36.4 Å². The van der Waals surface area contributed by atoms with Crippen molar-refractivity contribution in [1.29, 1.82) is 0 Å². The third-order valence-corrected chi connectivity index (χ3v) is 2.77. The van der Waals surface area contributed by atoms with E-state index < -0.39 is 0 Å². The van der Waals surface area contributed by atoms with Crippen molar-refractivity contribution in [1.82, 2.24) is 4.98 Å². The molecule has 3 heteroatoms. The SMILES string of the molecule is CCCN(C)c1cc(CO)cc(C(C)(C)C)n1. The van der Waals surface area contributed by atoms with E-state index in [9.17, 15) is 5.11 Å². The first-order valence-corrected chi connectivity index (χ1v) is 6.22. The highest BCUT2D eigenvalue weighted by molar-refractivity contribution is 5.43. The van der Waals surface area contributed by atoms with Gasteiger partial charge in [0.15, 0.2) is 0 Å². The molecule has 17 heavy (non-hydrogen) atoms. The summed E-state index contributed by atoms with van der Waals surface area (Å²) in [5, 5.41) is 9.32. The molecule has 1 N–H and O–H groups in total. The lowest BCUT2D eigenvalue weighted by molar-refractivity contribution is 0.281.